The van der Waals surface area contributed by atoms with Crippen molar-refractivity contribution < 1.29 is 0 Å². The smallest absolute Gasteiger partial charge is 0.143 e. The number of nitrogens with one attached hydrogen (secondary N) is 1. The van der Waals surface area contributed by atoms with E-state index >= 15 is 0 Å². The molecule has 2 heterocycles. The minimum Gasteiger partial charge on any atom is -0.310 e. The molecule has 5 heteroatoms. The summed E-state index contributed by atoms with van der Waals surface area (Å²) in [4.78, 5) is 4.32. The zero-order valence-electron chi connectivity index (χ0n) is 9.18. The highest BCUT2D eigenvalue weighted by molar-refractivity contribution is 7.13. The number of rotatable bonds is 4. The van der Waals surface area contributed by atoms with E-state index in [0.29, 0.717) is 0 Å². The van der Waals surface area contributed by atoms with Gasteiger partial charge in [-0.1, -0.05) is 0 Å². The van der Waals surface area contributed by atoms with E-state index in [-0.39, 0.29) is 0 Å². The van der Waals surface area contributed by atoms with Gasteiger partial charge in [-0.2, -0.15) is 5.10 Å². The third-order valence-corrected chi connectivity index (χ3v) is 3.48. The van der Waals surface area contributed by atoms with Crippen molar-refractivity contribution in [1.29, 1.82) is 0 Å². The summed E-state index contributed by atoms with van der Waals surface area (Å²) < 4.78 is 1.86. The highest BCUT2D eigenvalue weighted by Crippen LogP contribution is 2.25. The van der Waals surface area contributed by atoms with Crippen LogP contribution < -0.4 is 5.32 Å². The molecule has 0 aromatic carbocycles. The van der Waals surface area contributed by atoms with Crippen molar-refractivity contribution in [2.24, 2.45) is 7.05 Å². The van der Waals surface area contributed by atoms with Gasteiger partial charge >= 0.3 is 0 Å². The first-order chi connectivity index (χ1) is 7.83. The topological polar surface area (TPSA) is 42.7 Å². The van der Waals surface area contributed by atoms with Gasteiger partial charge in [-0.05, 0) is 12.8 Å². The second-order valence-electron chi connectivity index (χ2n) is 4.17. The Morgan fingerprint density at radius 1 is 1.56 bits per heavy atom. The molecule has 0 radical (unpaired) electrons. The first-order valence-corrected chi connectivity index (χ1v) is 6.36. The number of hydrogen-bond acceptors (Lipinski definition) is 4. The van der Waals surface area contributed by atoms with Crippen molar-refractivity contribution in [3.8, 4) is 10.7 Å². The lowest BCUT2D eigenvalue weighted by atomic mass is 10.2. The van der Waals surface area contributed by atoms with Crippen molar-refractivity contribution >= 4 is 11.3 Å². The molecule has 0 aliphatic heterocycles. The second-order valence-corrected chi connectivity index (χ2v) is 5.06. The summed E-state index contributed by atoms with van der Waals surface area (Å²) in [5.74, 6) is 0. The van der Waals surface area contributed by atoms with E-state index < -0.39 is 0 Å². The first-order valence-electron chi connectivity index (χ1n) is 5.48. The number of hydrogen-bond donors (Lipinski definition) is 1. The van der Waals surface area contributed by atoms with Gasteiger partial charge in [0.1, 0.15) is 10.7 Å². The summed E-state index contributed by atoms with van der Waals surface area (Å²) in [6, 6.07) is 0.726. The van der Waals surface area contributed by atoms with Crippen LogP contribution in [-0.4, -0.2) is 20.8 Å². The molecule has 0 unspecified atom stereocenters. The zero-order valence-corrected chi connectivity index (χ0v) is 10.00. The van der Waals surface area contributed by atoms with Crippen LogP contribution in [0.4, 0.5) is 0 Å². The van der Waals surface area contributed by atoms with Crippen LogP contribution in [0, 0.1) is 0 Å². The molecule has 3 rings (SSSR count). The zero-order chi connectivity index (χ0) is 11.0. The lowest BCUT2D eigenvalue weighted by molar-refractivity contribution is 0.687. The van der Waals surface area contributed by atoms with E-state index in [1.807, 2.05) is 23.3 Å². The van der Waals surface area contributed by atoms with Crippen LogP contribution in [0.2, 0.25) is 0 Å². The molecule has 0 atom stereocenters. The lowest BCUT2D eigenvalue weighted by Gasteiger charge is -2.00. The van der Waals surface area contributed by atoms with Crippen LogP contribution in [-0.2, 0) is 13.6 Å². The van der Waals surface area contributed by atoms with E-state index in [9.17, 15) is 0 Å². The van der Waals surface area contributed by atoms with Gasteiger partial charge in [0.25, 0.3) is 0 Å². The Bertz CT molecular complexity index is 470. The number of aryl methyl sites for hydroxylation is 1. The Balaban J connectivity index is 1.84. The molecular formula is C11H14N4S. The van der Waals surface area contributed by atoms with Crippen LogP contribution >= 0.6 is 11.3 Å². The molecule has 16 heavy (non-hydrogen) atoms. The molecule has 2 aromatic heterocycles. The predicted molar refractivity (Wildman–Crippen MR) is 64.2 cm³/mol. The fourth-order valence-corrected chi connectivity index (χ4v) is 2.39. The summed E-state index contributed by atoms with van der Waals surface area (Å²) in [5.41, 5.74) is 2.26. The normalized spacial score (nSPS) is 15.6. The number of aromatic nitrogens is 3. The maximum atomic E-state index is 4.48. The van der Waals surface area contributed by atoms with Crippen molar-refractivity contribution in [3.63, 3.8) is 0 Å². The van der Waals surface area contributed by atoms with Crippen LogP contribution in [0.15, 0.2) is 17.8 Å². The third-order valence-electron chi connectivity index (χ3n) is 2.70. The summed E-state index contributed by atoms with van der Waals surface area (Å²) in [5, 5.41) is 11.0. The van der Waals surface area contributed by atoms with Gasteiger partial charge in [0.05, 0.1) is 0 Å². The molecule has 0 amide bonds. The molecule has 84 valence electrons. The standard InChI is InChI=1S/C11H14N4S/c1-15-7-8(6-13-9-2-3-9)10(14-15)11-12-4-5-16-11/h4-5,7,9,13H,2-3,6H2,1H3. The van der Waals surface area contributed by atoms with E-state index in [2.05, 4.69) is 21.6 Å². The Kier molecular flexibility index (Phi) is 2.49. The van der Waals surface area contributed by atoms with Gasteiger partial charge in [-0.3, -0.25) is 4.68 Å². The minimum atomic E-state index is 0.726. The Hall–Kier alpha value is -1.20. The molecule has 1 saturated carbocycles. The summed E-state index contributed by atoms with van der Waals surface area (Å²) >= 11 is 1.64. The Labute approximate surface area is 98.3 Å². The van der Waals surface area contributed by atoms with Crippen LogP contribution in [0.25, 0.3) is 10.7 Å². The molecule has 1 N–H and O–H groups in total. The molecule has 0 spiro atoms. The second kappa shape index (κ2) is 3.99. The van der Waals surface area contributed by atoms with E-state index in [4.69, 9.17) is 0 Å². The third kappa shape index (κ3) is 2.01. The van der Waals surface area contributed by atoms with Gasteiger partial charge in [0, 0.05) is 43.0 Å². The van der Waals surface area contributed by atoms with Gasteiger partial charge in [-0.25, -0.2) is 4.98 Å². The van der Waals surface area contributed by atoms with Crippen molar-refractivity contribution in [1.82, 2.24) is 20.1 Å². The average Bonchev–Trinajstić information content (AvgIpc) is 2.79. The molecule has 1 aliphatic rings. The van der Waals surface area contributed by atoms with Gasteiger partial charge in [0.15, 0.2) is 0 Å². The maximum absolute atomic E-state index is 4.48. The van der Waals surface area contributed by atoms with Crippen LogP contribution in [0.5, 0.6) is 0 Å². The van der Waals surface area contributed by atoms with Gasteiger partial charge in [0.2, 0.25) is 0 Å². The van der Waals surface area contributed by atoms with Crippen molar-refractivity contribution in [2.75, 3.05) is 0 Å². The predicted octanol–water partition coefficient (Wildman–Crippen LogP) is 1.80. The van der Waals surface area contributed by atoms with E-state index in [1.165, 1.54) is 18.4 Å². The van der Waals surface area contributed by atoms with Crippen LogP contribution in [0.3, 0.4) is 0 Å². The van der Waals surface area contributed by atoms with Crippen molar-refractivity contribution in [3.05, 3.63) is 23.3 Å². The summed E-state index contributed by atoms with van der Waals surface area (Å²) in [6.45, 7) is 0.896. The Morgan fingerprint density at radius 3 is 3.12 bits per heavy atom. The van der Waals surface area contributed by atoms with Gasteiger partial charge < -0.3 is 5.32 Å². The monoisotopic (exact) mass is 234 g/mol. The molecule has 4 nitrogen and oxygen atoms in total. The first kappa shape index (κ1) is 9.99. The maximum Gasteiger partial charge on any atom is 0.143 e. The van der Waals surface area contributed by atoms with Gasteiger partial charge in [-0.15, -0.1) is 11.3 Å². The van der Waals surface area contributed by atoms with Crippen molar-refractivity contribution in [2.45, 2.75) is 25.4 Å². The number of nitrogens with zero attached hydrogens (tertiary/aromatic N) is 3. The molecule has 1 aliphatic carbocycles. The lowest BCUT2D eigenvalue weighted by Crippen LogP contribution is -2.15. The summed E-state index contributed by atoms with van der Waals surface area (Å²) in [7, 11) is 1.96. The molecule has 2 aromatic rings. The SMILES string of the molecule is Cn1cc(CNC2CC2)c(-c2nccs2)n1. The molecule has 1 fully saturated rings. The molecule has 0 bridgehead atoms. The highest BCUT2D eigenvalue weighted by Gasteiger charge is 2.21. The molecular weight excluding hydrogens is 220 g/mol. The fraction of sp³-hybridized carbons (Fsp3) is 0.455. The summed E-state index contributed by atoms with van der Waals surface area (Å²) in [6.07, 6.45) is 6.53. The molecule has 0 saturated heterocycles. The fourth-order valence-electron chi connectivity index (χ4n) is 1.73. The Morgan fingerprint density at radius 2 is 2.44 bits per heavy atom. The number of thiazole rings is 1. The van der Waals surface area contributed by atoms with Crippen LogP contribution in [0.1, 0.15) is 18.4 Å². The van der Waals surface area contributed by atoms with E-state index in [0.717, 1.165) is 23.3 Å². The average molecular weight is 234 g/mol. The largest absolute Gasteiger partial charge is 0.310 e. The highest BCUT2D eigenvalue weighted by atomic mass is 32.1. The quantitative estimate of drug-likeness (QED) is 0.877. The van der Waals surface area contributed by atoms with E-state index in [1.54, 1.807) is 11.3 Å². The minimum absolute atomic E-state index is 0.726.